The molecule has 1 unspecified atom stereocenters. The quantitative estimate of drug-likeness (QED) is 0.614. The lowest BCUT2D eigenvalue weighted by Crippen LogP contribution is -2.42. The summed E-state index contributed by atoms with van der Waals surface area (Å²) >= 11 is 0. The van der Waals surface area contributed by atoms with Crippen molar-refractivity contribution in [1.29, 1.82) is 0 Å². The van der Waals surface area contributed by atoms with E-state index in [0.717, 1.165) is 12.8 Å². The van der Waals surface area contributed by atoms with Gasteiger partial charge in [0.05, 0.1) is 5.92 Å². The predicted octanol–water partition coefficient (Wildman–Crippen LogP) is 3.01. The summed E-state index contributed by atoms with van der Waals surface area (Å²) in [6.45, 7) is 9.19. The van der Waals surface area contributed by atoms with Gasteiger partial charge in [0.15, 0.2) is 5.78 Å². The van der Waals surface area contributed by atoms with Gasteiger partial charge in [0, 0.05) is 13.0 Å². The fourth-order valence-corrected chi connectivity index (χ4v) is 1.73. The van der Waals surface area contributed by atoms with Crippen molar-refractivity contribution in [2.24, 2.45) is 11.8 Å². The van der Waals surface area contributed by atoms with Crippen molar-refractivity contribution in [2.45, 2.75) is 59.5 Å². The SMILES string of the molecule is CCCCC(C(=O)C(C)C)C(=O)C(C)(C)OC. The van der Waals surface area contributed by atoms with Crippen molar-refractivity contribution < 1.29 is 14.3 Å². The van der Waals surface area contributed by atoms with E-state index in [9.17, 15) is 9.59 Å². The summed E-state index contributed by atoms with van der Waals surface area (Å²) in [6.07, 6.45) is 2.52. The van der Waals surface area contributed by atoms with Crippen LogP contribution in [0.5, 0.6) is 0 Å². The standard InChI is InChI=1S/C14H26O3/c1-7-8-9-11(12(15)10(2)3)13(16)14(4,5)17-6/h10-11H,7-9H2,1-6H3. The van der Waals surface area contributed by atoms with E-state index in [1.807, 2.05) is 13.8 Å². The second-order valence-electron chi connectivity index (χ2n) is 5.33. The first-order chi connectivity index (χ1) is 7.77. The first-order valence-electron chi connectivity index (χ1n) is 6.41. The van der Waals surface area contributed by atoms with E-state index in [4.69, 9.17) is 4.74 Å². The number of methoxy groups -OCH3 is 1. The first-order valence-corrected chi connectivity index (χ1v) is 6.41. The monoisotopic (exact) mass is 242 g/mol. The molecule has 0 saturated carbocycles. The Morgan fingerprint density at radius 1 is 1.24 bits per heavy atom. The molecule has 0 aliphatic heterocycles. The lowest BCUT2D eigenvalue weighted by Gasteiger charge is -2.27. The second kappa shape index (κ2) is 6.90. The predicted molar refractivity (Wildman–Crippen MR) is 69.0 cm³/mol. The van der Waals surface area contributed by atoms with Gasteiger partial charge in [0.2, 0.25) is 0 Å². The van der Waals surface area contributed by atoms with Gasteiger partial charge in [0.25, 0.3) is 0 Å². The van der Waals surface area contributed by atoms with Crippen LogP contribution in [0.4, 0.5) is 0 Å². The number of ketones is 2. The zero-order chi connectivity index (χ0) is 13.6. The van der Waals surface area contributed by atoms with Gasteiger partial charge in [-0.05, 0) is 20.3 Å². The number of unbranched alkanes of at least 4 members (excludes halogenated alkanes) is 1. The maximum atomic E-state index is 12.3. The average molecular weight is 242 g/mol. The molecular formula is C14H26O3. The third-order valence-electron chi connectivity index (χ3n) is 3.18. The fourth-order valence-electron chi connectivity index (χ4n) is 1.73. The van der Waals surface area contributed by atoms with Crippen LogP contribution >= 0.6 is 0 Å². The smallest absolute Gasteiger partial charge is 0.174 e. The summed E-state index contributed by atoms with van der Waals surface area (Å²) in [6, 6.07) is 0. The van der Waals surface area contributed by atoms with Crippen LogP contribution < -0.4 is 0 Å². The molecule has 0 N–H and O–H groups in total. The normalized spacial score (nSPS) is 13.8. The summed E-state index contributed by atoms with van der Waals surface area (Å²) in [5.41, 5.74) is -0.872. The van der Waals surface area contributed by atoms with E-state index in [2.05, 4.69) is 6.92 Å². The zero-order valence-corrected chi connectivity index (χ0v) is 12.0. The minimum atomic E-state index is -0.872. The Labute approximate surface area is 105 Å². The zero-order valence-electron chi connectivity index (χ0n) is 12.0. The second-order valence-corrected chi connectivity index (χ2v) is 5.33. The van der Waals surface area contributed by atoms with Crippen LogP contribution in [0, 0.1) is 11.8 Å². The van der Waals surface area contributed by atoms with Gasteiger partial charge in [0.1, 0.15) is 11.4 Å². The molecule has 0 radical (unpaired) electrons. The van der Waals surface area contributed by atoms with Crippen LogP contribution in [0.1, 0.15) is 53.9 Å². The minimum Gasteiger partial charge on any atom is -0.371 e. The highest BCUT2D eigenvalue weighted by molar-refractivity contribution is 6.06. The molecule has 0 aromatic rings. The molecule has 0 amide bonds. The molecule has 0 aromatic heterocycles. The molecule has 3 nitrogen and oxygen atoms in total. The highest BCUT2D eigenvalue weighted by Gasteiger charge is 2.37. The van der Waals surface area contributed by atoms with Crippen molar-refractivity contribution in [1.82, 2.24) is 0 Å². The molecule has 0 aromatic carbocycles. The van der Waals surface area contributed by atoms with E-state index < -0.39 is 11.5 Å². The van der Waals surface area contributed by atoms with Gasteiger partial charge >= 0.3 is 0 Å². The summed E-state index contributed by atoms with van der Waals surface area (Å²) in [7, 11) is 1.51. The average Bonchev–Trinajstić information content (AvgIpc) is 2.28. The highest BCUT2D eigenvalue weighted by Crippen LogP contribution is 2.23. The van der Waals surface area contributed by atoms with Crippen molar-refractivity contribution in [3.8, 4) is 0 Å². The third kappa shape index (κ3) is 4.58. The number of ether oxygens (including phenoxy) is 1. The molecule has 17 heavy (non-hydrogen) atoms. The van der Waals surface area contributed by atoms with Crippen LogP contribution in [0.2, 0.25) is 0 Å². The first kappa shape index (κ1) is 16.3. The minimum absolute atomic E-state index is 0.0357. The molecule has 3 heteroatoms. The van der Waals surface area contributed by atoms with Crippen LogP contribution in [-0.4, -0.2) is 24.3 Å². The van der Waals surface area contributed by atoms with Gasteiger partial charge in [-0.25, -0.2) is 0 Å². The van der Waals surface area contributed by atoms with Crippen LogP contribution in [0.3, 0.4) is 0 Å². The Balaban J connectivity index is 4.92. The molecular weight excluding hydrogens is 216 g/mol. The Hall–Kier alpha value is -0.700. The van der Waals surface area contributed by atoms with Gasteiger partial charge in [-0.2, -0.15) is 0 Å². The fraction of sp³-hybridized carbons (Fsp3) is 0.857. The molecule has 0 fully saturated rings. The van der Waals surface area contributed by atoms with E-state index in [1.165, 1.54) is 7.11 Å². The molecule has 0 heterocycles. The van der Waals surface area contributed by atoms with Crippen molar-refractivity contribution in [3.63, 3.8) is 0 Å². The molecule has 0 aliphatic rings. The topological polar surface area (TPSA) is 43.4 Å². The Morgan fingerprint density at radius 3 is 2.12 bits per heavy atom. The van der Waals surface area contributed by atoms with Crippen molar-refractivity contribution in [3.05, 3.63) is 0 Å². The van der Waals surface area contributed by atoms with Crippen LogP contribution in [-0.2, 0) is 14.3 Å². The molecule has 0 rings (SSSR count). The Kier molecular flexibility index (Phi) is 6.61. The van der Waals surface area contributed by atoms with Gasteiger partial charge in [-0.1, -0.05) is 33.6 Å². The van der Waals surface area contributed by atoms with Gasteiger partial charge in [-0.3, -0.25) is 9.59 Å². The van der Waals surface area contributed by atoms with E-state index in [-0.39, 0.29) is 17.5 Å². The highest BCUT2D eigenvalue weighted by atomic mass is 16.5. The number of Topliss-reactive ketones (excluding diaryl/α,β-unsaturated/α-hetero) is 2. The summed E-state index contributed by atoms with van der Waals surface area (Å²) in [4.78, 5) is 24.4. The van der Waals surface area contributed by atoms with Crippen molar-refractivity contribution in [2.75, 3.05) is 7.11 Å². The van der Waals surface area contributed by atoms with Crippen LogP contribution in [0.15, 0.2) is 0 Å². The van der Waals surface area contributed by atoms with Crippen molar-refractivity contribution >= 4 is 11.6 Å². The van der Waals surface area contributed by atoms with E-state index in [1.54, 1.807) is 13.8 Å². The van der Waals surface area contributed by atoms with E-state index in [0.29, 0.717) is 6.42 Å². The van der Waals surface area contributed by atoms with Gasteiger partial charge in [-0.15, -0.1) is 0 Å². The maximum Gasteiger partial charge on any atom is 0.174 e. The molecule has 0 bridgehead atoms. The number of rotatable bonds is 8. The van der Waals surface area contributed by atoms with Crippen LogP contribution in [0.25, 0.3) is 0 Å². The summed E-state index contributed by atoms with van der Waals surface area (Å²) < 4.78 is 5.19. The molecule has 1 atom stereocenters. The largest absolute Gasteiger partial charge is 0.371 e. The van der Waals surface area contributed by atoms with Gasteiger partial charge < -0.3 is 4.74 Å². The third-order valence-corrected chi connectivity index (χ3v) is 3.18. The molecule has 100 valence electrons. The Bertz CT molecular complexity index is 267. The number of carbonyl (C=O) groups is 2. The number of hydrogen-bond donors (Lipinski definition) is 0. The summed E-state index contributed by atoms with van der Waals surface area (Å²) in [5, 5.41) is 0. The Morgan fingerprint density at radius 2 is 1.76 bits per heavy atom. The van der Waals surface area contributed by atoms with E-state index >= 15 is 0 Å². The maximum absolute atomic E-state index is 12.3. The number of carbonyl (C=O) groups excluding carboxylic acids is 2. The lowest BCUT2D eigenvalue weighted by molar-refractivity contribution is -0.147. The lowest BCUT2D eigenvalue weighted by atomic mass is 9.81. The molecule has 0 spiro atoms. The molecule has 0 aliphatic carbocycles. The summed E-state index contributed by atoms with van der Waals surface area (Å²) in [5.74, 6) is -0.668. The number of hydrogen-bond acceptors (Lipinski definition) is 3. The molecule has 0 saturated heterocycles.